The van der Waals surface area contributed by atoms with Crippen LogP contribution >= 0.6 is 0 Å². The van der Waals surface area contributed by atoms with Crippen LogP contribution in [0.1, 0.15) is 31.5 Å². The van der Waals surface area contributed by atoms with Gasteiger partial charge in [0.2, 0.25) is 0 Å². The van der Waals surface area contributed by atoms with Crippen molar-refractivity contribution in [1.29, 1.82) is 0 Å². The molecule has 1 spiro atoms. The van der Waals surface area contributed by atoms with Crippen LogP contribution in [0.15, 0.2) is 36.5 Å². The number of likely N-dealkylation sites (tertiary alicyclic amines) is 1. The van der Waals surface area contributed by atoms with Crippen molar-refractivity contribution in [2.24, 2.45) is 5.92 Å². The lowest BCUT2D eigenvalue weighted by Crippen LogP contribution is -2.56. The van der Waals surface area contributed by atoms with Crippen molar-refractivity contribution in [3.05, 3.63) is 42.4 Å². The molecule has 2 aromatic rings. The van der Waals surface area contributed by atoms with E-state index >= 15 is 0 Å². The van der Waals surface area contributed by atoms with E-state index in [1.165, 1.54) is 62.4 Å². The van der Waals surface area contributed by atoms with Crippen LogP contribution in [0, 0.1) is 5.92 Å². The number of rotatable bonds is 3. The van der Waals surface area contributed by atoms with Crippen LogP contribution in [0.2, 0.25) is 0 Å². The minimum atomic E-state index is 0.0947. The molecule has 0 bridgehead atoms. The molecule has 5 nitrogen and oxygen atoms in total. The van der Waals surface area contributed by atoms with Gasteiger partial charge in [-0.15, -0.1) is 0 Å². The van der Waals surface area contributed by atoms with Crippen LogP contribution in [-0.2, 0) is 16.8 Å². The molecule has 0 unspecified atom stereocenters. The first kappa shape index (κ1) is 18.3. The third-order valence-electron chi connectivity index (χ3n) is 7.27. The summed E-state index contributed by atoms with van der Waals surface area (Å²) in [7, 11) is 2.30. The quantitative estimate of drug-likeness (QED) is 0.819. The standard InChI is InChI=1S/C23H32N4O/c1-25-13-14-27-21(20-5-3-2-4-6-20)17-24-22(27)23(25)9-11-26(12-10-23)18-19-7-15-28-16-8-19/h2-6,17,19H,7-16,18H2,1H3. The number of fused-ring (bicyclic) bond motifs is 2. The fraction of sp³-hybridized carbons (Fsp3) is 0.609. The van der Waals surface area contributed by atoms with Gasteiger partial charge in [-0.05, 0) is 44.2 Å². The predicted molar refractivity (Wildman–Crippen MR) is 111 cm³/mol. The summed E-state index contributed by atoms with van der Waals surface area (Å²) in [5.74, 6) is 2.10. The van der Waals surface area contributed by atoms with Crippen molar-refractivity contribution in [3.8, 4) is 11.3 Å². The summed E-state index contributed by atoms with van der Waals surface area (Å²) in [6, 6.07) is 10.7. The van der Waals surface area contributed by atoms with E-state index in [0.29, 0.717) is 0 Å². The Bertz CT molecular complexity index is 788. The number of aromatic nitrogens is 2. The van der Waals surface area contributed by atoms with Gasteiger partial charge in [-0.25, -0.2) is 4.98 Å². The molecule has 1 aromatic carbocycles. The second kappa shape index (κ2) is 7.62. The Hall–Kier alpha value is -1.69. The van der Waals surface area contributed by atoms with Crippen LogP contribution in [0.25, 0.3) is 11.3 Å². The molecular formula is C23H32N4O. The summed E-state index contributed by atoms with van der Waals surface area (Å²) >= 11 is 0. The van der Waals surface area contributed by atoms with Gasteiger partial charge >= 0.3 is 0 Å². The van der Waals surface area contributed by atoms with E-state index in [0.717, 1.165) is 32.2 Å². The number of likely N-dealkylation sites (N-methyl/N-ethyl adjacent to an activating group) is 1. The molecule has 0 radical (unpaired) electrons. The molecule has 2 saturated heterocycles. The van der Waals surface area contributed by atoms with Gasteiger partial charge in [0, 0.05) is 45.9 Å². The summed E-state index contributed by atoms with van der Waals surface area (Å²) in [4.78, 5) is 10.3. The second-order valence-corrected chi connectivity index (χ2v) is 8.79. The van der Waals surface area contributed by atoms with Crippen molar-refractivity contribution in [2.45, 2.75) is 37.8 Å². The van der Waals surface area contributed by atoms with E-state index in [-0.39, 0.29) is 5.54 Å². The largest absolute Gasteiger partial charge is 0.381 e. The summed E-state index contributed by atoms with van der Waals surface area (Å²) in [5.41, 5.74) is 2.64. The van der Waals surface area contributed by atoms with E-state index < -0.39 is 0 Å². The lowest BCUT2D eigenvalue weighted by molar-refractivity contribution is -0.00391. The smallest absolute Gasteiger partial charge is 0.129 e. The third-order valence-corrected chi connectivity index (χ3v) is 7.27. The average molecular weight is 381 g/mol. The number of imidazole rings is 1. The average Bonchev–Trinajstić information content (AvgIpc) is 3.19. The van der Waals surface area contributed by atoms with Gasteiger partial charge in [-0.3, -0.25) is 4.90 Å². The molecule has 5 heteroatoms. The molecule has 0 saturated carbocycles. The monoisotopic (exact) mass is 380 g/mol. The van der Waals surface area contributed by atoms with Crippen LogP contribution in [0.4, 0.5) is 0 Å². The van der Waals surface area contributed by atoms with E-state index in [2.05, 4.69) is 57.9 Å². The highest BCUT2D eigenvalue weighted by Crippen LogP contribution is 2.41. The Labute approximate surface area is 168 Å². The minimum Gasteiger partial charge on any atom is -0.381 e. The van der Waals surface area contributed by atoms with Gasteiger partial charge < -0.3 is 14.2 Å². The summed E-state index contributed by atoms with van der Waals surface area (Å²) in [5, 5.41) is 0. The topological polar surface area (TPSA) is 33.5 Å². The van der Waals surface area contributed by atoms with Crippen LogP contribution in [-0.4, -0.2) is 65.8 Å². The Balaban J connectivity index is 1.35. The number of nitrogens with zero attached hydrogens (tertiary/aromatic N) is 4. The predicted octanol–water partition coefficient (Wildman–Crippen LogP) is 3.21. The molecular weight excluding hydrogens is 348 g/mol. The number of hydrogen-bond acceptors (Lipinski definition) is 4. The number of piperidine rings is 1. The Morgan fingerprint density at radius 1 is 1.04 bits per heavy atom. The molecule has 28 heavy (non-hydrogen) atoms. The van der Waals surface area contributed by atoms with Gasteiger partial charge in [-0.1, -0.05) is 30.3 Å². The number of ether oxygens (including phenoxy) is 1. The highest BCUT2D eigenvalue weighted by molar-refractivity contribution is 5.59. The highest BCUT2D eigenvalue weighted by Gasteiger charge is 2.45. The number of benzene rings is 1. The van der Waals surface area contributed by atoms with E-state index in [9.17, 15) is 0 Å². The van der Waals surface area contributed by atoms with Gasteiger partial charge in [0.05, 0.1) is 17.4 Å². The lowest BCUT2D eigenvalue weighted by Gasteiger charge is -2.50. The lowest BCUT2D eigenvalue weighted by atomic mass is 9.83. The van der Waals surface area contributed by atoms with Crippen LogP contribution in [0.3, 0.4) is 0 Å². The zero-order valence-electron chi connectivity index (χ0n) is 17.0. The fourth-order valence-corrected chi connectivity index (χ4v) is 5.45. The molecule has 3 aliphatic heterocycles. The summed E-state index contributed by atoms with van der Waals surface area (Å²) < 4.78 is 8.02. The maximum absolute atomic E-state index is 5.53. The SMILES string of the molecule is CN1CCn2c(-c3ccccc3)cnc2C12CCN(CC1CCOCC1)CC2. The summed E-state index contributed by atoms with van der Waals surface area (Å²) in [6.07, 6.45) is 6.91. The molecule has 0 atom stereocenters. The van der Waals surface area contributed by atoms with E-state index in [4.69, 9.17) is 9.72 Å². The number of hydrogen-bond donors (Lipinski definition) is 0. The highest BCUT2D eigenvalue weighted by atomic mass is 16.5. The van der Waals surface area contributed by atoms with Crippen molar-refractivity contribution in [2.75, 3.05) is 46.4 Å². The molecule has 3 aliphatic rings. The first-order valence-electron chi connectivity index (χ1n) is 10.9. The van der Waals surface area contributed by atoms with Crippen molar-refractivity contribution >= 4 is 0 Å². The van der Waals surface area contributed by atoms with Crippen molar-refractivity contribution in [1.82, 2.24) is 19.4 Å². The Kier molecular flexibility index (Phi) is 4.99. The first-order chi connectivity index (χ1) is 13.8. The summed E-state index contributed by atoms with van der Waals surface area (Å²) in [6.45, 7) is 7.62. The van der Waals surface area contributed by atoms with Gasteiger partial charge in [0.1, 0.15) is 5.82 Å². The molecule has 4 heterocycles. The first-order valence-corrected chi connectivity index (χ1v) is 10.9. The van der Waals surface area contributed by atoms with Crippen LogP contribution in [0.5, 0.6) is 0 Å². The van der Waals surface area contributed by atoms with E-state index in [1.54, 1.807) is 0 Å². The zero-order valence-corrected chi connectivity index (χ0v) is 17.0. The van der Waals surface area contributed by atoms with Crippen molar-refractivity contribution < 1.29 is 4.74 Å². The molecule has 2 fully saturated rings. The normalized spacial score (nSPS) is 23.8. The zero-order chi connectivity index (χ0) is 19.0. The maximum atomic E-state index is 5.53. The van der Waals surface area contributed by atoms with Crippen molar-refractivity contribution in [3.63, 3.8) is 0 Å². The molecule has 150 valence electrons. The Morgan fingerprint density at radius 3 is 2.54 bits per heavy atom. The van der Waals surface area contributed by atoms with Gasteiger partial charge in [0.15, 0.2) is 0 Å². The second-order valence-electron chi connectivity index (χ2n) is 8.79. The molecule has 0 amide bonds. The maximum Gasteiger partial charge on any atom is 0.129 e. The van der Waals surface area contributed by atoms with Crippen LogP contribution < -0.4 is 0 Å². The Morgan fingerprint density at radius 2 is 1.79 bits per heavy atom. The third kappa shape index (κ3) is 3.19. The van der Waals surface area contributed by atoms with E-state index in [1.807, 2.05) is 0 Å². The molecule has 1 aromatic heterocycles. The molecule has 0 aliphatic carbocycles. The minimum absolute atomic E-state index is 0.0947. The molecule has 0 N–H and O–H groups in total. The van der Waals surface area contributed by atoms with Gasteiger partial charge in [0.25, 0.3) is 0 Å². The molecule has 5 rings (SSSR count). The van der Waals surface area contributed by atoms with Gasteiger partial charge in [-0.2, -0.15) is 0 Å². The fourth-order valence-electron chi connectivity index (χ4n) is 5.45.